The lowest BCUT2D eigenvalue weighted by Gasteiger charge is -2.11. The van der Waals surface area contributed by atoms with Gasteiger partial charge in [-0.15, -0.1) is 0 Å². The van der Waals surface area contributed by atoms with Crippen LogP contribution in [0.2, 0.25) is 0 Å². The molecule has 0 bridgehead atoms. The van der Waals surface area contributed by atoms with Gasteiger partial charge >= 0.3 is 0 Å². The first kappa shape index (κ1) is 26.8. The standard InChI is InChI=1S/C24H42O5S/c1-2-3-4-5-6-7-8-9-10-11-12-13-14-15-16-17-18-21-22(25)19-20-23(26)24(21)30(27,28)29/h19-20,25-26H,2-18H2,1H3,(H,27,28,29). The molecule has 0 unspecified atom stereocenters. The molecule has 1 aromatic carbocycles. The fourth-order valence-electron chi connectivity index (χ4n) is 3.98. The summed E-state index contributed by atoms with van der Waals surface area (Å²) in [5, 5.41) is 19.7. The van der Waals surface area contributed by atoms with Crippen LogP contribution in [0.15, 0.2) is 17.0 Å². The molecule has 0 fully saturated rings. The zero-order chi connectivity index (χ0) is 22.2. The molecule has 174 valence electrons. The molecule has 0 radical (unpaired) electrons. The summed E-state index contributed by atoms with van der Waals surface area (Å²) in [4.78, 5) is -0.566. The average Bonchev–Trinajstić information content (AvgIpc) is 2.69. The third-order valence-corrected chi connectivity index (χ3v) is 6.72. The lowest BCUT2D eigenvalue weighted by molar-refractivity contribution is 0.425. The first-order chi connectivity index (χ1) is 14.4. The first-order valence-electron chi connectivity index (χ1n) is 11.9. The van der Waals surface area contributed by atoms with Crippen LogP contribution < -0.4 is 0 Å². The van der Waals surface area contributed by atoms with Gasteiger partial charge in [-0.2, -0.15) is 8.42 Å². The first-order valence-corrected chi connectivity index (χ1v) is 13.3. The van der Waals surface area contributed by atoms with Gasteiger partial charge in [0.2, 0.25) is 0 Å². The van der Waals surface area contributed by atoms with Crippen LogP contribution in [-0.2, 0) is 16.5 Å². The van der Waals surface area contributed by atoms with Crippen molar-refractivity contribution in [3.63, 3.8) is 0 Å². The Kier molecular flexibility index (Phi) is 13.8. The zero-order valence-electron chi connectivity index (χ0n) is 18.7. The number of phenols is 2. The minimum atomic E-state index is -4.57. The van der Waals surface area contributed by atoms with Crippen LogP contribution in [0.4, 0.5) is 0 Å². The van der Waals surface area contributed by atoms with E-state index in [-0.39, 0.29) is 11.3 Å². The molecule has 0 heterocycles. The third-order valence-electron chi connectivity index (χ3n) is 5.75. The molecule has 6 heteroatoms. The van der Waals surface area contributed by atoms with Crippen LogP contribution >= 0.6 is 0 Å². The van der Waals surface area contributed by atoms with Crippen molar-refractivity contribution in [1.29, 1.82) is 0 Å². The van der Waals surface area contributed by atoms with E-state index in [4.69, 9.17) is 0 Å². The van der Waals surface area contributed by atoms with Gasteiger partial charge in [0.15, 0.2) is 0 Å². The maximum Gasteiger partial charge on any atom is 0.298 e. The lowest BCUT2D eigenvalue weighted by atomic mass is 10.0. The molecular weight excluding hydrogens is 400 g/mol. The molecule has 0 aliphatic rings. The quantitative estimate of drug-likeness (QED) is 0.127. The fourth-order valence-corrected chi connectivity index (χ4v) is 4.83. The van der Waals surface area contributed by atoms with Crippen LogP contribution in [0.1, 0.15) is 115 Å². The second-order valence-electron chi connectivity index (χ2n) is 8.44. The van der Waals surface area contributed by atoms with E-state index in [0.717, 1.165) is 25.3 Å². The molecule has 0 aliphatic heterocycles. The Hall–Kier alpha value is -1.27. The van der Waals surface area contributed by atoms with Gasteiger partial charge in [-0.25, -0.2) is 0 Å². The van der Waals surface area contributed by atoms with Crippen molar-refractivity contribution in [2.75, 3.05) is 0 Å². The SMILES string of the molecule is CCCCCCCCCCCCCCCCCCc1c(O)ccc(O)c1S(=O)(=O)O. The van der Waals surface area contributed by atoms with Crippen LogP contribution in [0, 0.1) is 0 Å². The maximum absolute atomic E-state index is 11.5. The van der Waals surface area contributed by atoms with Gasteiger partial charge in [0.25, 0.3) is 10.1 Å². The molecule has 0 saturated carbocycles. The third kappa shape index (κ3) is 11.2. The molecule has 0 atom stereocenters. The normalized spacial score (nSPS) is 11.8. The number of benzene rings is 1. The van der Waals surface area contributed by atoms with Crippen LogP contribution in [0.3, 0.4) is 0 Å². The van der Waals surface area contributed by atoms with Crippen molar-refractivity contribution < 1.29 is 23.2 Å². The largest absolute Gasteiger partial charge is 0.508 e. The molecule has 30 heavy (non-hydrogen) atoms. The van der Waals surface area contributed by atoms with Gasteiger partial charge in [-0.05, 0) is 25.0 Å². The van der Waals surface area contributed by atoms with E-state index in [0.29, 0.717) is 12.8 Å². The molecule has 5 nitrogen and oxygen atoms in total. The molecule has 0 spiro atoms. The summed E-state index contributed by atoms with van der Waals surface area (Å²) >= 11 is 0. The summed E-state index contributed by atoms with van der Waals surface area (Å²) < 4.78 is 32.3. The highest BCUT2D eigenvalue weighted by atomic mass is 32.2. The van der Waals surface area contributed by atoms with Gasteiger partial charge in [0.05, 0.1) is 0 Å². The van der Waals surface area contributed by atoms with Crippen molar-refractivity contribution in [1.82, 2.24) is 0 Å². The van der Waals surface area contributed by atoms with Gasteiger partial charge in [-0.1, -0.05) is 103 Å². The lowest BCUT2D eigenvalue weighted by Crippen LogP contribution is -2.04. The molecular formula is C24H42O5S. The van der Waals surface area contributed by atoms with Crippen molar-refractivity contribution >= 4 is 10.1 Å². The summed E-state index contributed by atoms with van der Waals surface area (Å²) in [5.41, 5.74) is 0.0999. The van der Waals surface area contributed by atoms with Gasteiger partial charge in [0, 0.05) is 5.56 Å². The van der Waals surface area contributed by atoms with E-state index in [2.05, 4.69) is 6.92 Å². The van der Waals surface area contributed by atoms with Crippen LogP contribution in [-0.4, -0.2) is 23.2 Å². The Labute approximate surface area is 183 Å². The van der Waals surface area contributed by atoms with E-state index in [1.54, 1.807) is 0 Å². The maximum atomic E-state index is 11.5. The highest BCUT2D eigenvalue weighted by molar-refractivity contribution is 7.86. The summed E-state index contributed by atoms with van der Waals surface area (Å²) in [6.45, 7) is 2.25. The van der Waals surface area contributed by atoms with Crippen molar-refractivity contribution in [3.05, 3.63) is 17.7 Å². The van der Waals surface area contributed by atoms with E-state index in [9.17, 15) is 23.2 Å². The Bertz CT molecular complexity index is 685. The monoisotopic (exact) mass is 442 g/mol. The Morgan fingerprint density at radius 2 is 1.00 bits per heavy atom. The second-order valence-corrected chi connectivity index (χ2v) is 9.80. The van der Waals surface area contributed by atoms with Crippen molar-refractivity contribution in [2.45, 2.75) is 121 Å². The summed E-state index contributed by atoms with van der Waals surface area (Å²) in [6.07, 6.45) is 20.3. The minimum Gasteiger partial charge on any atom is -0.508 e. The number of unbranched alkanes of at least 4 members (excludes halogenated alkanes) is 15. The number of aromatic hydroxyl groups is 2. The predicted octanol–water partition coefficient (Wildman–Crippen LogP) is 7.15. The van der Waals surface area contributed by atoms with Gasteiger partial charge < -0.3 is 10.2 Å². The highest BCUT2D eigenvalue weighted by Crippen LogP contribution is 2.34. The molecule has 3 N–H and O–H groups in total. The Balaban J connectivity index is 2.05. The van der Waals surface area contributed by atoms with Crippen molar-refractivity contribution in [3.8, 4) is 11.5 Å². The zero-order valence-corrected chi connectivity index (χ0v) is 19.6. The number of phenolic OH excluding ortho intramolecular Hbond substituents is 2. The smallest absolute Gasteiger partial charge is 0.298 e. The Morgan fingerprint density at radius 3 is 1.40 bits per heavy atom. The molecule has 0 aromatic heterocycles. The summed E-state index contributed by atoms with van der Waals surface area (Å²) in [5.74, 6) is -0.733. The van der Waals surface area contributed by atoms with E-state index in [1.165, 1.54) is 83.1 Å². The molecule has 0 aliphatic carbocycles. The topological polar surface area (TPSA) is 94.8 Å². The van der Waals surface area contributed by atoms with E-state index in [1.807, 2.05) is 0 Å². The van der Waals surface area contributed by atoms with E-state index >= 15 is 0 Å². The number of rotatable bonds is 18. The van der Waals surface area contributed by atoms with Crippen LogP contribution in [0.25, 0.3) is 0 Å². The molecule has 0 amide bonds. The second kappa shape index (κ2) is 15.5. The van der Waals surface area contributed by atoms with Gasteiger partial charge in [-0.3, -0.25) is 4.55 Å². The van der Waals surface area contributed by atoms with Gasteiger partial charge in [0.1, 0.15) is 16.4 Å². The van der Waals surface area contributed by atoms with Crippen LogP contribution in [0.5, 0.6) is 11.5 Å². The number of hydrogen-bond acceptors (Lipinski definition) is 4. The summed E-state index contributed by atoms with van der Waals surface area (Å²) in [7, 11) is -4.57. The molecule has 1 rings (SSSR count). The molecule has 0 saturated heterocycles. The summed E-state index contributed by atoms with van der Waals surface area (Å²) in [6, 6.07) is 2.33. The Morgan fingerprint density at radius 1 is 0.633 bits per heavy atom. The van der Waals surface area contributed by atoms with E-state index < -0.39 is 20.8 Å². The number of hydrogen-bond donors (Lipinski definition) is 3. The minimum absolute atomic E-state index is 0.0999. The van der Waals surface area contributed by atoms with Crippen molar-refractivity contribution in [2.24, 2.45) is 0 Å². The average molecular weight is 443 g/mol. The molecule has 1 aromatic rings. The predicted molar refractivity (Wildman–Crippen MR) is 123 cm³/mol. The highest BCUT2D eigenvalue weighted by Gasteiger charge is 2.23. The fraction of sp³-hybridized carbons (Fsp3) is 0.750.